The van der Waals surface area contributed by atoms with E-state index in [-0.39, 0.29) is 5.60 Å². The maximum atomic E-state index is 7.05. The van der Waals surface area contributed by atoms with Gasteiger partial charge in [-0.05, 0) is 99.5 Å². The van der Waals surface area contributed by atoms with Gasteiger partial charge in [-0.2, -0.15) is 0 Å². The highest BCUT2D eigenvalue weighted by Gasteiger charge is 2.60. The number of allylic oxidation sites excluding steroid dienone is 3. The van der Waals surface area contributed by atoms with Crippen molar-refractivity contribution in [3.8, 4) is 0 Å². The Balaban J connectivity index is 1.34. The van der Waals surface area contributed by atoms with E-state index in [9.17, 15) is 0 Å². The first-order valence-electron chi connectivity index (χ1n) is 12.8. The zero-order valence-corrected chi connectivity index (χ0v) is 20.1. The van der Waals surface area contributed by atoms with Gasteiger partial charge in [0.2, 0.25) is 0 Å². The lowest BCUT2D eigenvalue weighted by Gasteiger charge is -2.49. The van der Waals surface area contributed by atoms with Crippen LogP contribution >= 0.6 is 11.6 Å². The van der Waals surface area contributed by atoms with Crippen molar-refractivity contribution < 1.29 is 4.74 Å². The van der Waals surface area contributed by atoms with Crippen LogP contribution in [-0.2, 0) is 4.74 Å². The number of rotatable bonds is 0. The van der Waals surface area contributed by atoms with Gasteiger partial charge < -0.3 is 10.1 Å². The lowest BCUT2D eigenvalue weighted by Crippen LogP contribution is -2.49. The molecular weight excluding hydrogens is 390 g/mol. The van der Waals surface area contributed by atoms with Crippen molar-refractivity contribution in [1.29, 1.82) is 0 Å². The van der Waals surface area contributed by atoms with Crippen LogP contribution in [0.5, 0.6) is 0 Å². The monoisotopic (exact) mass is 429 g/mol. The van der Waals surface area contributed by atoms with E-state index in [1.165, 1.54) is 44.9 Å². The fourth-order valence-corrected chi connectivity index (χ4v) is 9.34. The van der Waals surface area contributed by atoms with Crippen molar-refractivity contribution in [2.45, 2.75) is 102 Å². The molecule has 0 bridgehead atoms. The molecule has 2 nitrogen and oxygen atoms in total. The lowest BCUT2D eigenvalue weighted by atomic mass is 9.57. The molecule has 2 aliphatic heterocycles. The molecule has 10 atom stereocenters. The summed E-state index contributed by atoms with van der Waals surface area (Å²) in [4.78, 5) is 0. The zero-order chi connectivity index (χ0) is 20.8. The first-order chi connectivity index (χ1) is 14.3. The number of hydrogen-bond acceptors (Lipinski definition) is 2. The second-order valence-corrected chi connectivity index (χ2v) is 12.7. The van der Waals surface area contributed by atoms with E-state index in [1.54, 1.807) is 16.7 Å². The second-order valence-electron chi connectivity index (χ2n) is 12.1. The maximum absolute atomic E-state index is 7.05. The van der Waals surface area contributed by atoms with Gasteiger partial charge in [0.1, 0.15) is 0 Å². The van der Waals surface area contributed by atoms with E-state index in [0.717, 1.165) is 36.6 Å². The maximum Gasteiger partial charge on any atom is 0.0937 e. The molecule has 0 unspecified atom stereocenters. The van der Waals surface area contributed by atoms with Crippen LogP contribution in [0.2, 0.25) is 0 Å². The molecule has 6 rings (SSSR count). The summed E-state index contributed by atoms with van der Waals surface area (Å²) in [7, 11) is 0. The predicted molar refractivity (Wildman–Crippen MR) is 124 cm³/mol. The zero-order valence-electron chi connectivity index (χ0n) is 19.3. The molecule has 4 fully saturated rings. The number of alkyl halides is 1. The lowest BCUT2D eigenvalue weighted by molar-refractivity contribution is -0.0548. The highest BCUT2D eigenvalue weighted by Crippen LogP contribution is 2.65. The van der Waals surface area contributed by atoms with E-state index < -0.39 is 0 Å². The molecule has 1 N–H and O–H groups in total. The first kappa shape index (κ1) is 20.3. The molecule has 2 heterocycles. The summed E-state index contributed by atoms with van der Waals surface area (Å²) in [5, 5.41) is 4.22. The minimum absolute atomic E-state index is 0.00329. The molecule has 166 valence electrons. The summed E-state index contributed by atoms with van der Waals surface area (Å²) in [6.07, 6.45) is 13.0. The standard InChI is InChI=1S/C27H40ClNO/c1-15-11-24-25(29-14-15)17(3)27(30-24)10-8-20-21-6-5-18-12-19(28)7-9-26(18,4)23(21)13-22(20)16(27)2/h5,15,17,19-21,23-25,29H,6-14H2,1-4H3/t15-,17+,19+,20-,21-,23-,24+,25-,26-,27-/m0/s1. The Hall–Kier alpha value is -0.310. The average Bonchev–Trinajstić information content (AvgIpc) is 3.23. The van der Waals surface area contributed by atoms with Crippen molar-refractivity contribution in [3.63, 3.8) is 0 Å². The molecule has 2 saturated carbocycles. The summed E-state index contributed by atoms with van der Waals surface area (Å²) in [6, 6.07) is 0.543. The summed E-state index contributed by atoms with van der Waals surface area (Å²) in [5.74, 6) is 3.79. The van der Waals surface area contributed by atoms with Gasteiger partial charge in [-0.25, -0.2) is 0 Å². The molecule has 0 radical (unpaired) electrons. The highest BCUT2D eigenvalue weighted by atomic mass is 35.5. The Morgan fingerprint density at radius 1 is 1.17 bits per heavy atom. The van der Waals surface area contributed by atoms with Gasteiger partial charge in [-0.1, -0.05) is 38.0 Å². The van der Waals surface area contributed by atoms with E-state index >= 15 is 0 Å². The molecule has 3 heteroatoms. The van der Waals surface area contributed by atoms with Crippen LogP contribution in [0.25, 0.3) is 0 Å². The quantitative estimate of drug-likeness (QED) is 0.363. The largest absolute Gasteiger partial charge is 0.365 e. The van der Waals surface area contributed by atoms with Crippen molar-refractivity contribution in [2.75, 3.05) is 6.54 Å². The fraction of sp³-hybridized carbons (Fsp3) is 0.852. The Kier molecular flexibility index (Phi) is 4.63. The predicted octanol–water partition coefficient (Wildman–Crippen LogP) is 6.25. The van der Waals surface area contributed by atoms with Crippen LogP contribution < -0.4 is 5.32 Å². The van der Waals surface area contributed by atoms with Crippen LogP contribution in [0.15, 0.2) is 22.8 Å². The minimum atomic E-state index is -0.00329. The van der Waals surface area contributed by atoms with Crippen molar-refractivity contribution in [3.05, 3.63) is 22.8 Å². The van der Waals surface area contributed by atoms with E-state index in [4.69, 9.17) is 16.3 Å². The third-order valence-corrected chi connectivity index (χ3v) is 11.2. The molecule has 4 aliphatic carbocycles. The van der Waals surface area contributed by atoms with Crippen LogP contribution in [0.1, 0.15) is 79.1 Å². The first-order valence-corrected chi connectivity index (χ1v) is 13.2. The number of ether oxygens (including phenoxy) is 1. The molecule has 0 amide bonds. The summed E-state index contributed by atoms with van der Waals surface area (Å²) >= 11 is 6.58. The van der Waals surface area contributed by atoms with Gasteiger partial charge in [0.15, 0.2) is 0 Å². The molecule has 1 spiro atoms. The van der Waals surface area contributed by atoms with Crippen LogP contribution in [-0.4, -0.2) is 29.7 Å². The van der Waals surface area contributed by atoms with E-state index in [0.29, 0.717) is 28.9 Å². The number of nitrogens with one attached hydrogen (secondary N) is 1. The summed E-state index contributed by atoms with van der Waals surface area (Å²) < 4.78 is 7.05. The second kappa shape index (κ2) is 6.84. The minimum Gasteiger partial charge on any atom is -0.365 e. The van der Waals surface area contributed by atoms with Crippen LogP contribution in [0.3, 0.4) is 0 Å². The number of halogens is 1. The highest BCUT2D eigenvalue weighted by molar-refractivity contribution is 6.20. The van der Waals surface area contributed by atoms with Crippen LogP contribution in [0.4, 0.5) is 0 Å². The molecule has 6 aliphatic rings. The Bertz CT molecular complexity index is 803. The molecular formula is C27H40ClNO. The van der Waals surface area contributed by atoms with Crippen molar-refractivity contribution in [1.82, 2.24) is 5.32 Å². The number of hydrogen-bond donors (Lipinski definition) is 1. The number of piperidine rings is 1. The SMILES string of the molecule is CC1=C2C[C@H]3[C@@H](CC=C4C[C@H](Cl)CC[C@@]43C)[C@@H]2CC[C@]12O[C@@H]1C[C@H](C)CN[C@H]1[C@H]2C. The van der Waals surface area contributed by atoms with Gasteiger partial charge in [-0.3, -0.25) is 0 Å². The average molecular weight is 430 g/mol. The van der Waals surface area contributed by atoms with Crippen molar-refractivity contribution >= 4 is 11.6 Å². The Morgan fingerprint density at radius 2 is 2.00 bits per heavy atom. The third kappa shape index (κ3) is 2.62. The Morgan fingerprint density at radius 3 is 2.83 bits per heavy atom. The Labute approximate surface area is 188 Å². The van der Waals surface area contributed by atoms with Gasteiger partial charge in [-0.15, -0.1) is 11.6 Å². The molecule has 0 aromatic heterocycles. The van der Waals surface area contributed by atoms with Crippen molar-refractivity contribution in [2.24, 2.45) is 35.0 Å². The smallest absolute Gasteiger partial charge is 0.0937 e. The summed E-state index contributed by atoms with van der Waals surface area (Å²) in [6.45, 7) is 11.0. The van der Waals surface area contributed by atoms with Gasteiger partial charge in [0.25, 0.3) is 0 Å². The molecule has 0 aromatic carbocycles. The van der Waals surface area contributed by atoms with E-state index in [1.807, 2.05) is 0 Å². The van der Waals surface area contributed by atoms with Gasteiger partial charge in [0.05, 0.1) is 11.7 Å². The third-order valence-electron chi connectivity index (χ3n) is 10.8. The van der Waals surface area contributed by atoms with E-state index in [2.05, 4.69) is 39.1 Å². The fourth-order valence-electron chi connectivity index (χ4n) is 9.06. The molecule has 0 aromatic rings. The number of fused-ring (bicyclic) bond motifs is 6. The molecule has 30 heavy (non-hydrogen) atoms. The van der Waals surface area contributed by atoms with Crippen LogP contribution in [0, 0.1) is 35.0 Å². The van der Waals surface area contributed by atoms with Gasteiger partial charge >= 0.3 is 0 Å². The normalized spacial score (nSPS) is 55.0. The van der Waals surface area contributed by atoms with Gasteiger partial charge in [0, 0.05) is 17.3 Å². The summed E-state index contributed by atoms with van der Waals surface area (Å²) in [5.41, 5.74) is 5.52. The molecule has 2 saturated heterocycles. The topological polar surface area (TPSA) is 21.3 Å².